The molecule has 1 aliphatic rings. The summed E-state index contributed by atoms with van der Waals surface area (Å²) >= 11 is 0. The van der Waals surface area contributed by atoms with Gasteiger partial charge in [0.05, 0.1) is 29.0 Å². The van der Waals surface area contributed by atoms with E-state index in [0.29, 0.717) is 46.9 Å². The summed E-state index contributed by atoms with van der Waals surface area (Å²) in [5, 5.41) is 14.4. The van der Waals surface area contributed by atoms with Gasteiger partial charge in [-0.2, -0.15) is 0 Å². The van der Waals surface area contributed by atoms with Crippen molar-refractivity contribution in [1.82, 2.24) is 15.0 Å². The number of hydrogen-bond acceptors (Lipinski definition) is 6. The van der Waals surface area contributed by atoms with Crippen molar-refractivity contribution in [3.63, 3.8) is 0 Å². The van der Waals surface area contributed by atoms with Gasteiger partial charge in [-0.1, -0.05) is 5.16 Å². The number of aromatic nitrogens is 2. The van der Waals surface area contributed by atoms with Crippen LogP contribution < -0.4 is 0 Å². The van der Waals surface area contributed by atoms with Crippen LogP contribution in [0.5, 0.6) is 0 Å². The van der Waals surface area contributed by atoms with Crippen LogP contribution in [-0.4, -0.2) is 45.2 Å². The van der Waals surface area contributed by atoms with E-state index in [0.717, 1.165) is 12.8 Å². The summed E-state index contributed by atoms with van der Waals surface area (Å²) < 4.78 is 10.6. The quantitative estimate of drug-likeness (QED) is 0.777. The van der Waals surface area contributed by atoms with Gasteiger partial charge in [-0.15, -0.1) is 0 Å². The second-order valence-corrected chi connectivity index (χ2v) is 6.03. The molecule has 124 valence electrons. The Balaban J connectivity index is 1.83. The lowest BCUT2D eigenvalue weighted by Crippen LogP contribution is -2.42. The van der Waals surface area contributed by atoms with E-state index in [1.165, 1.54) is 0 Å². The molecule has 3 aromatic rings. The standard InChI is InChI=1S/C17H17N3O4/c1-10-15-12(17(22)20-6-2-4-11(21)9-20)8-13(14-5-3-7-23-14)18-16(15)24-19-10/h3,5,7-8,11,21H,2,4,6,9H2,1H3. The molecule has 7 nitrogen and oxygen atoms in total. The fourth-order valence-electron chi connectivity index (χ4n) is 3.12. The molecule has 3 aromatic heterocycles. The van der Waals surface area contributed by atoms with E-state index >= 15 is 0 Å². The summed E-state index contributed by atoms with van der Waals surface area (Å²) in [7, 11) is 0. The van der Waals surface area contributed by atoms with Gasteiger partial charge < -0.3 is 18.9 Å². The molecular formula is C17H17N3O4. The van der Waals surface area contributed by atoms with E-state index in [1.807, 2.05) is 0 Å². The van der Waals surface area contributed by atoms with Gasteiger partial charge in [0.25, 0.3) is 11.6 Å². The third-order valence-corrected chi connectivity index (χ3v) is 4.30. The number of fused-ring (bicyclic) bond motifs is 1. The van der Waals surface area contributed by atoms with Crippen LogP contribution in [0.3, 0.4) is 0 Å². The van der Waals surface area contributed by atoms with Gasteiger partial charge in [-0.05, 0) is 38.0 Å². The van der Waals surface area contributed by atoms with Gasteiger partial charge in [0, 0.05) is 13.1 Å². The molecule has 4 rings (SSSR count). The van der Waals surface area contributed by atoms with Crippen molar-refractivity contribution in [2.24, 2.45) is 0 Å². The zero-order valence-corrected chi connectivity index (χ0v) is 13.2. The van der Waals surface area contributed by atoms with E-state index in [2.05, 4.69) is 10.1 Å². The van der Waals surface area contributed by atoms with Crippen LogP contribution in [0, 0.1) is 6.92 Å². The van der Waals surface area contributed by atoms with Crippen LogP contribution in [0.15, 0.2) is 33.4 Å². The third kappa shape index (κ3) is 2.46. The Morgan fingerprint density at radius 1 is 1.46 bits per heavy atom. The summed E-state index contributed by atoms with van der Waals surface area (Å²) in [6.45, 7) is 2.74. The minimum Gasteiger partial charge on any atom is -0.463 e. The summed E-state index contributed by atoms with van der Waals surface area (Å²) in [6.07, 6.45) is 2.58. The highest BCUT2D eigenvalue weighted by Crippen LogP contribution is 2.28. The number of piperidine rings is 1. The van der Waals surface area contributed by atoms with Crippen molar-refractivity contribution in [2.45, 2.75) is 25.9 Å². The summed E-state index contributed by atoms with van der Waals surface area (Å²) in [5.41, 5.74) is 1.91. The molecule has 0 aliphatic carbocycles. The number of pyridine rings is 1. The van der Waals surface area contributed by atoms with E-state index in [9.17, 15) is 9.90 Å². The number of rotatable bonds is 2. The van der Waals surface area contributed by atoms with E-state index in [-0.39, 0.29) is 5.91 Å². The highest BCUT2D eigenvalue weighted by molar-refractivity contribution is 6.06. The number of β-amino-alcohol motifs (C(OH)–C–C–N with tert-alkyl or cyclic N) is 1. The van der Waals surface area contributed by atoms with Crippen molar-refractivity contribution < 1.29 is 18.8 Å². The minimum atomic E-state index is -0.479. The number of hydrogen-bond donors (Lipinski definition) is 1. The second-order valence-electron chi connectivity index (χ2n) is 6.03. The van der Waals surface area contributed by atoms with E-state index in [4.69, 9.17) is 8.94 Å². The Kier molecular flexibility index (Phi) is 3.57. The number of carbonyl (C=O) groups excluding carboxylic acids is 1. The fraction of sp³-hybridized carbons (Fsp3) is 0.353. The lowest BCUT2D eigenvalue weighted by molar-refractivity contribution is 0.0475. The monoisotopic (exact) mass is 327 g/mol. The molecule has 0 bridgehead atoms. The molecule has 4 heterocycles. The van der Waals surface area contributed by atoms with Crippen LogP contribution in [0.4, 0.5) is 0 Å². The lowest BCUT2D eigenvalue weighted by atomic mass is 10.0. The van der Waals surface area contributed by atoms with Crippen LogP contribution in [0.2, 0.25) is 0 Å². The summed E-state index contributed by atoms with van der Waals surface area (Å²) in [4.78, 5) is 19.1. The molecule has 1 amide bonds. The molecule has 24 heavy (non-hydrogen) atoms. The second kappa shape index (κ2) is 5.76. The molecule has 0 radical (unpaired) electrons. The zero-order chi connectivity index (χ0) is 16.7. The van der Waals surface area contributed by atoms with Crippen molar-refractivity contribution in [3.8, 4) is 11.5 Å². The minimum absolute atomic E-state index is 0.153. The number of carbonyl (C=O) groups is 1. The van der Waals surface area contributed by atoms with Gasteiger partial charge in [0.15, 0.2) is 5.76 Å². The molecule has 1 N–H and O–H groups in total. The first-order chi connectivity index (χ1) is 11.6. The van der Waals surface area contributed by atoms with Crippen molar-refractivity contribution >= 4 is 17.0 Å². The predicted octanol–water partition coefficient (Wildman–Crippen LogP) is 2.39. The molecule has 1 unspecified atom stereocenters. The molecule has 0 saturated carbocycles. The molecule has 1 saturated heterocycles. The van der Waals surface area contributed by atoms with Gasteiger partial charge in [-0.25, -0.2) is 4.98 Å². The molecule has 0 spiro atoms. The maximum absolute atomic E-state index is 13.0. The first-order valence-electron chi connectivity index (χ1n) is 7.91. The number of amides is 1. The number of nitrogens with zero attached hydrogens (tertiary/aromatic N) is 3. The topological polar surface area (TPSA) is 92.6 Å². The lowest BCUT2D eigenvalue weighted by Gasteiger charge is -2.30. The summed E-state index contributed by atoms with van der Waals surface area (Å²) in [5.74, 6) is 0.402. The fourth-order valence-corrected chi connectivity index (χ4v) is 3.12. The predicted molar refractivity (Wildman–Crippen MR) is 85.4 cm³/mol. The molecular weight excluding hydrogens is 310 g/mol. The SMILES string of the molecule is Cc1noc2nc(-c3ccco3)cc(C(=O)N3CCCC(O)C3)c12. The Bertz CT molecular complexity index is 885. The van der Waals surface area contributed by atoms with E-state index in [1.54, 1.807) is 36.3 Å². The molecule has 1 atom stereocenters. The molecule has 1 aliphatic heterocycles. The largest absolute Gasteiger partial charge is 0.463 e. The van der Waals surface area contributed by atoms with Crippen molar-refractivity contribution in [1.29, 1.82) is 0 Å². The van der Waals surface area contributed by atoms with Crippen LogP contribution in [0.1, 0.15) is 28.9 Å². The van der Waals surface area contributed by atoms with Gasteiger partial charge in [0.1, 0.15) is 5.69 Å². The number of likely N-dealkylation sites (tertiary alicyclic amines) is 1. The average Bonchev–Trinajstić information content (AvgIpc) is 3.24. The smallest absolute Gasteiger partial charge is 0.259 e. The first kappa shape index (κ1) is 14.9. The summed E-state index contributed by atoms with van der Waals surface area (Å²) in [6, 6.07) is 5.24. The normalized spacial score (nSPS) is 18.2. The van der Waals surface area contributed by atoms with Crippen LogP contribution in [-0.2, 0) is 0 Å². The highest BCUT2D eigenvalue weighted by atomic mass is 16.5. The maximum Gasteiger partial charge on any atom is 0.259 e. The van der Waals surface area contributed by atoms with Gasteiger partial charge >= 0.3 is 0 Å². The molecule has 1 fully saturated rings. The Morgan fingerprint density at radius 3 is 3.08 bits per heavy atom. The Labute approximate surface area is 137 Å². The van der Waals surface area contributed by atoms with Crippen molar-refractivity contribution in [3.05, 3.63) is 35.7 Å². The molecule has 7 heteroatoms. The van der Waals surface area contributed by atoms with Gasteiger partial charge in [0.2, 0.25) is 0 Å². The van der Waals surface area contributed by atoms with Gasteiger partial charge in [-0.3, -0.25) is 4.79 Å². The number of aryl methyl sites for hydroxylation is 1. The average molecular weight is 327 g/mol. The highest BCUT2D eigenvalue weighted by Gasteiger charge is 2.27. The number of aliphatic hydroxyl groups excluding tert-OH is 1. The number of aliphatic hydroxyl groups is 1. The Hall–Kier alpha value is -2.67. The van der Waals surface area contributed by atoms with Crippen molar-refractivity contribution in [2.75, 3.05) is 13.1 Å². The molecule has 0 aromatic carbocycles. The number of furan rings is 1. The Morgan fingerprint density at radius 2 is 2.33 bits per heavy atom. The van der Waals surface area contributed by atoms with E-state index < -0.39 is 6.10 Å². The third-order valence-electron chi connectivity index (χ3n) is 4.30. The maximum atomic E-state index is 13.0. The first-order valence-corrected chi connectivity index (χ1v) is 7.91. The zero-order valence-electron chi connectivity index (χ0n) is 13.2. The van der Waals surface area contributed by atoms with Crippen LogP contribution >= 0.6 is 0 Å². The van der Waals surface area contributed by atoms with Crippen LogP contribution in [0.25, 0.3) is 22.6 Å².